The summed E-state index contributed by atoms with van der Waals surface area (Å²) in [5, 5.41) is 44.9. The van der Waals surface area contributed by atoms with E-state index in [0.717, 1.165) is 5.56 Å². The number of anilines is 1. The van der Waals surface area contributed by atoms with Gasteiger partial charge in [-0.25, -0.2) is 8.42 Å². The van der Waals surface area contributed by atoms with Crippen molar-refractivity contribution >= 4 is 38.9 Å². The molecule has 1 fully saturated rings. The zero-order valence-electron chi connectivity index (χ0n) is 24.1. The molecule has 0 bridgehead atoms. The number of aliphatic hydroxyl groups excluding tert-OH is 2. The monoisotopic (exact) mass is 621 g/mol. The number of aliphatic hydroxyl groups is 3. The van der Waals surface area contributed by atoms with E-state index in [9.17, 15) is 43.2 Å². The second-order valence-electron chi connectivity index (χ2n) is 11.4. The molecule has 0 unspecified atom stereocenters. The molecular formula is C31H31N3O9S. The molecule has 2 aromatic carbocycles. The van der Waals surface area contributed by atoms with E-state index in [2.05, 4.69) is 16.6 Å². The summed E-state index contributed by atoms with van der Waals surface area (Å²) in [6.07, 6.45) is -0.255. The van der Waals surface area contributed by atoms with Crippen LogP contribution < -0.4 is 15.4 Å². The van der Waals surface area contributed by atoms with Gasteiger partial charge in [-0.15, -0.1) is 0 Å². The molecule has 3 aliphatic rings. The summed E-state index contributed by atoms with van der Waals surface area (Å²) in [5.74, 6) is -1.80. The lowest BCUT2D eigenvalue weighted by Gasteiger charge is -2.46. The predicted molar refractivity (Wildman–Crippen MR) is 159 cm³/mol. The van der Waals surface area contributed by atoms with Crippen molar-refractivity contribution in [3.8, 4) is 17.6 Å². The number of hydrogen-bond acceptors (Lipinski definition) is 10. The van der Waals surface area contributed by atoms with Crippen molar-refractivity contribution < 1.29 is 43.2 Å². The molecule has 44 heavy (non-hydrogen) atoms. The molecule has 7 N–H and O–H groups in total. The summed E-state index contributed by atoms with van der Waals surface area (Å²) in [6.45, 7) is 1.54. The van der Waals surface area contributed by atoms with E-state index in [4.69, 9.17) is 5.73 Å². The van der Waals surface area contributed by atoms with Crippen molar-refractivity contribution in [3.63, 3.8) is 0 Å². The molecule has 12 nitrogen and oxygen atoms in total. The lowest BCUT2D eigenvalue weighted by Crippen LogP contribution is -2.58. The third-order valence-corrected chi connectivity index (χ3v) is 9.84. The van der Waals surface area contributed by atoms with Crippen molar-refractivity contribution in [3.05, 3.63) is 69.5 Å². The molecule has 0 aromatic heterocycles. The molecule has 3 aliphatic carbocycles. The molecule has 2 aromatic rings. The second kappa shape index (κ2) is 10.8. The molecule has 230 valence electrons. The fourth-order valence-electron chi connectivity index (χ4n) is 6.23. The number of rotatable bonds is 5. The van der Waals surface area contributed by atoms with Crippen LogP contribution in [0, 0.1) is 30.6 Å². The average Bonchev–Trinajstić information content (AvgIpc) is 2.93. The molecule has 0 radical (unpaired) electrons. The SMILES string of the molecule is Cc1ccc(S(=O)(=O)NCC#Cc2cc(N(C)C)c3c(c2O)C(O)=C2C(=O)[C@]4(O)C(O)=C(C(N)=O)C(=O)C[C@@H]4C[C@@H]2C3)cc1. The molecule has 3 atom stereocenters. The number of carbonyl (C=O) groups is 3. The topological polar surface area (TPSA) is 208 Å². The summed E-state index contributed by atoms with van der Waals surface area (Å²) < 4.78 is 27.6. The summed E-state index contributed by atoms with van der Waals surface area (Å²) in [5.41, 5.74) is 3.32. The highest BCUT2D eigenvalue weighted by Gasteiger charge is 2.60. The lowest BCUT2D eigenvalue weighted by atomic mass is 9.59. The van der Waals surface area contributed by atoms with Gasteiger partial charge in [-0.2, -0.15) is 4.72 Å². The predicted octanol–water partition coefficient (Wildman–Crippen LogP) is 1.13. The number of aryl methyl sites for hydroxylation is 1. The van der Waals surface area contributed by atoms with Crippen LogP contribution >= 0.6 is 0 Å². The number of benzene rings is 2. The fraction of sp³-hybridized carbons (Fsp3) is 0.323. The zero-order chi connectivity index (χ0) is 32.3. The Balaban J connectivity index is 1.55. The molecule has 13 heteroatoms. The van der Waals surface area contributed by atoms with E-state index in [1.807, 2.05) is 6.92 Å². The maximum Gasteiger partial charge on any atom is 0.255 e. The Morgan fingerprint density at radius 1 is 1.14 bits per heavy atom. The van der Waals surface area contributed by atoms with E-state index < -0.39 is 74.2 Å². The van der Waals surface area contributed by atoms with Gasteiger partial charge in [0.25, 0.3) is 5.91 Å². The quantitative estimate of drug-likeness (QED) is 0.207. The third-order valence-electron chi connectivity index (χ3n) is 8.43. The first kappa shape index (κ1) is 30.8. The number of amides is 1. The van der Waals surface area contributed by atoms with Crippen LogP contribution in [0.3, 0.4) is 0 Å². The minimum atomic E-state index is -3.84. The number of Topliss-reactive ketones (excluding diaryl/α,β-unsaturated/α-hetero) is 2. The zero-order valence-corrected chi connectivity index (χ0v) is 24.9. The Bertz CT molecular complexity index is 1860. The maximum absolute atomic E-state index is 13.8. The van der Waals surface area contributed by atoms with Crippen molar-refractivity contribution in [1.29, 1.82) is 0 Å². The minimum Gasteiger partial charge on any atom is -0.508 e. The Morgan fingerprint density at radius 3 is 2.41 bits per heavy atom. The maximum atomic E-state index is 13.8. The summed E-state index contributed by atoms with van der Waals surface area (Å²) in [6, 6.07) is 7.84. The number of nitrogens with zero attached hydrogens (tertiary/aromatic N) is 1. The number of carbonyl (C=O) groups excluding carboxylic acids is 3. The fourth-order valence-corrected chi connectivity index (χ4v) is 7.16. The first-order chi connectivity index (χ1) is 20.6. The number of hydrogen-bond donors (Lipinski definition) is 6. The number of phenols is 1. The van der Waals surface area contributed by atoms with Crippen LogP contribution in [0.5, 0.6) is 5.75 Å². The highest BCUT2D eigenvalue weighted by atomic mass is 32.2. The number of primary amides is 1. The summed E-state index contributed by atoms with van der Waals surface area (Å²) >= 11 is 0. The van der Waals surface area contributed by atoms with E-state index in [1.54, 1.807) is 37.2 Å². The molecule has 0 spiro atoms. The summed E-state index contributed by atoms with van der Waals surface area (Å²) in [4.78, 5) is 40.0. The van der Waals surface area contributed by atoms with Crippen molar-refractivity contribution in [2.45, 2.75) is 36.7 Å². The number of aromatic hydroxyl groups is 1. The van der Waals surface area contributed by atoms with Crippen LogP contribution in [0.2, 0.25) is 0 Å². The second-order valence-corrected chi connectivity index (χ2v) is 13.2. The van der Waals surface area contributed by atoms with Gasteiger partial charge >= 0.3 is 0 Å². The first-order valence-corrected chi connectivity index (χ1v) is 15.2. The number of fused-ring (bicyclic) bond motifs is 3. The van der Waals surface area contributed by atoms with Crippen molar-refractivity contribution in [2.75, 3.05) is 25.5 Å². The third kappa shape index (κ3) is 4.81. The molecule has 1 amide bonds. The number of phenolic OH excluding ortho intramolecular Hbond substituents is 1. The van der Waals surface area contributed by atoms with Gasteiger partial charge < -0.3 is 31.1 Å². The summed E-state index contributed by atoms with van der Waals surface area (Å²) in [7, 11) is -0.383. The van der Waals surface area contributed by atoms with E-state index in [-0.39, 0.29) is 41.0 Å². The Hall–Kier alpha value is -4.64. The van der Waals surface area contributed by atoms with Gasteiger partial charge in [0, 0.05) is 37.7 Å². The Labute approximate surface area is 253 Å². The van der Waals surface area contributed by atoms with Crippen LogP contribution in [0.15, 0.2) is 52.1 Å². The van der Waals surface area contributed by atoms with Crippen molar-refractivity contribution in [1.82, 2.24) is 4.72 Å². The largest absolute Gasteiger partial charge is 0.508 e. The smallest absolute Gasteiger partial charge is 0.255 e. The Kier molecular flexibility index (Phi) is 7.57. The average molecular weight is 622 g/mol. The van der Waals surface area contributed by atoms with E-state index >= 15 is 0 Å². The lowest BCUT2D eigenvalue weighted by molar-refractivity contribution is -0.147. The van der Waals surface area contributed by atoms with Crippen LogP contribution in [-0.4, -0.2) is 72.6 Å². The van der Waals surface area contributed by atoms with E-state index in [0.29, 0.717) is 11.3 Å². The van der Waals surface area contributed by atoms with Gasteiger partial charge in [0.15, 0.2) is 11.4 Å². The van der Waals surface area contributed by atoms with Crippen LogP contribution in [-0.2, 0) is 30.8 Å². The van der Waals surface area contributed by atoms with Gasteiger partial charge in [0.2, 0.25) is 15.8 Å². The molecule has 0 heterocycles. The molecular weight excluding hydrogens is 590 g/mol. The standard InChI is InChI=1S/C31H31N3O9S/c1-15-6-8-19(9-7-15)44(42,43)33-10-4-5-16-13-21(34(2)3)20-12-17-11-18-14-22(35)25(30(32)40)29(39)31(18,41)28(38)23(17)27(37)24(20)26(16)36/h6-9,13,17-18,33,36-37,39,41H,10-12,14H2,1-3H3,(H2,32,40)/t17-,18+,31+/m1/s1. The number of sulfonamides is 1. The van der Waals surface area contributed by atoms with Gasteiger partial charge in [0.05, 0.1) is 22.6 Å². The highest BCUT2D eigenvalue weighted by molar-refractivity contribution is 7.89. The molecule has 5 rings (SSSR count). The number of ketones is 2. The molecule has 0 saturated heterocycles. The van der Waals surface area contributed by atoms with Crippen molar-refractivity contribution in [2.24, 2.45) is 17.6 Å². The van der Waals surface area contributed by atoms with Gasteiger partial charge in [-0.3, -0.25) is 14.4 Å². The van der Waals surface area contributed by atoms with Crippen LogP contribution in [0.1, 0.15) is 35.1 Å². The van der Waals surface area contributed by atoms with Gasteiger partial charge in [-0.1, -0.05) is 29.5 Å². The number of nitrogens with two attached hydrogens (primary N) is 1. The van der Waals surface area contributed by atoms with Gasteiger partial charge in [-0.05, 0) is 49.4 Å². The molecule has 1 saturated carbocycles. The van der Waals surface area contributed by atoms with E-state index in [1.165, 1.54) is 12.1 Å². The first-order valence-electron chi connectivity index (χ1n) is 13.7. The van der Waals surface area contributed by atoms with Crippen LogP contribution in [0.4, 0.5) is 5.69 Å². The van der Waals surface area contributed by atoms with Gasteiger partial charge in [0.1, 0.15) is 22.8 Å². The highest BCUT2D eigenvalue weighted by Crippen LogP contribution is 2.53. The normalized spacial score (nSPS) is 22.9. The Morgan fingerprint density at radius 2 is 1.80 bits per heavy atom. The number of nitrogens with one attached hydrogen (secondary N) is 1. The van der Waals surface area contributed by atoms with Crippen LogP contribution in [0.25, 0.3) is 5.76 Å². The molecule has 0 aliphatic heterocycles. The minimum absolute atomic E-state index is 0.0131.